The Hall–Kier alpha value is -2.56. The third-order valence-corrected chi connectivity index (χ3v) is 6.33. The molecule has 0 aliphatic carbocycles. The van der Waals surface area contributed by atoms with Crippen LogP contribution < -0.4 is 0 Å². The molecule has 154 valence electrons. The van der Waals surface area contributed by atoms with Gasteiger partial charge in [0.2, 0.25) is 27.6 Å². The number of likely N-dealkylation sites (N-methyl/N-ethyl adjacent to an activating group) is 1. The number of aromatic nitrogens is 2. The van der Waals surface area contributed by atoms with Gasteiger partial charge < -0.3 is 9.42 Å². The molecule has 29 heavy (non-hydrogen) atoms. The maximum atomic E-state index is 12.6. The molecule has 0 atom stereocenters. The molecule has 3 aromatic rings. The van der Waals surface area contributed by atoms with Gasteiger partial charge in [-0.25, -0.2) is 8.42 Å². The number of nitrogens with zero attached hydrogens (tertiary/aromatic N) is 4. The second kappa shape index (κ2) is 8.85. The number of rotatable bonds is 8. The molecular formula is C19H22N4O4S2. The Labute approximate surface area is 173 Å². The smallest absolute Gasteiger partial charge is 0.246 e. The lowest BCUT2D eigenvalue weighted by atomic mass is 10.1. The highest BCUT2D eigenvalue weighted by Crippen LogP contribution is 2.21. The molecule has 1 amide bonds. The molecule has 10 heteroatoms. The van der Waals surface area contributed by atoms with Crippen LogP contribution in [-0.4, -0.2) is 53.5 Å². The molecule has 3 rings (SSSR count). The fourth-order valence-corrected chi connectivity index (χ4v) is 3.95. The van der Waals surface area contributed by atoms with Crippen LogP contribution in [0.2, 0.25) is 0 Å². The van der Waals surface area contributed by atoms with Crippen molar-refractivity contribution >= 4 is 27.3 Å². The standard InChI is InChI=1S/C19H22N4O4S2/c1-14-6-8-15(9-7-14)11-23(29(3,25)26)13-18(24)22(2)12-17-20-19(21-27-17)16-5-4-10-28-16/h4-10H,11-13H2,1-3H3. The van der Waals surface area contributed by atoms with E-state index in [4.69, 9.17) is 4.52 Å². The first kappa shape index (κ1) is 21.2. The Morgan fingerprint density at radius 3 is 2.52 bits per heavy atom. The van der Waals surface area contributed by atoms with Gasteiger partial charge in [0.25, 0.3) is 0 Å². The van der Waals surface area contributed by atoms with Crippen molar-refractivity contribution < 1.29 is 17.7 Å². The van der Waals surface area contributed by atoms with E-state index in [0.29, 0.717) is 5.82 Å². The Kier molecular flexibility index (Phi) is 6.46. The minimum atomic E-state index is -3.56. The normalized spacial score (nSPS) is 11.7. The Balaban J connectivity index is 1.65. The molecule has 1 aromatic carbocycles. The highest BCUT2D eigenvalue weighted by molar-refractivity contribution is 7.88. The van der Waals surface area contributed by atoms with Crippen LogP contribution in [0.4, 0.5) is 0 Å². The van der Waals surface area contributed by atoms with E-state index in [1.54, 1.807) is 7.05 Å². The molecule has 2 aromatic heterocycles. The van der Waals surface area contributed by atoms with Crippen LogP contribution in [-0.2, 0) is 27.9 Å². The summed E-state index contributed by atoms with van der Waals surface area (Å²) in [5.41, 5.74) is 1.89. The van der Waals surface area contributed by atoms with Gasteiger partial charge in [-0.3, -0.25) is 4.79 Å². The fourth-order valence-electron chi connectivity index (χ4n) is 2.58. The van der Waals surface area contributed by atoms with Crippen molar-refractivity contribution in [2.24, 2.45) is 0 Å². The summed E-state index contributed by atoms with van der Waals surface area (Å²) in [6.07, 6.45) is 1.10. The molecule has 0 unspecified atom stereocenters. The molecule has 0 saturated heterocycles. The van der Waals surface area contributed by atoms with Gasteiger partial charge in [-0.15, -0.1) is 11.3 Å². The molecule has 0 fully saturated rings. The zero-order valence-electron chi connectivity index (χ0n) is 16.4. The third-order valence-electron chi connectivity index (χ3n) is 4.27. The van der Waals surface area contributed by atoms with E-state index in [1.165, 1.54) is 16.2 Å². The first-order valence-electron chi connectivity index (χ1n) is 8.83. The van der Waals surface area contributed by atoms with Gasteiger partial charge in [0.1, 0.15) is 0 Å². The summed E-state index contributed by atoms with van der Waals surface area (Å²) in [4.78, 5) is 19.1. The van der Waals surface area contributed by atoms with Crippen molar-refractivity contribution in [3.8, 4) is 10.7 Å². The molecule has 0 aliphatic heterocycles. The molecule has 0 N–H and O–H groups in total. The SMILES string of the molecule is Cc1ccc(CN(CC(=O)N(C)Cc2nc(-c3cccs3)no2)S(C)(=O)=O)cc1. The fraction of sp³-hybridized carbons (Fsp3) is 0.316. The summed E-state index contributed by atoms with van der Waals surface area (Å²) in [7, 11) is -1.99. The summed E-state index contributed by atoms with van der Waals surface area (Å²) in [5, 5.41) is 5.83. The van der Waals surface area contributed by atoms with Crippen LogP contribution >= 0.6 is 11.3 Å². The third kappa shape index (κ3) is 5.72. The van der Waals surface area contributed by atoms with Crippen LogP contribution in [0, 0.1) is 6.92 Å². The average Bonchev–Trinajstić information content (AvgIpc) is 3.33. The van der Waals surface area contributed by atoms with Crippen molar-refractivity contribution in [1.82, 2.24) is 19.3 Å². The van der Waals surface area contributed by atoms with E-state index in [2.05, 4.69) is 10.1 Å². The monoisotopic (exact) mass is 434 g/mol. The predicted octanol–water partition coefficient (Wildman–Crippen LogP) is 2.53. The lowest BCUT2D eigenvalue weighted by Crippen LogP contribution is -2.40. The van der Waals surface area contributed by atoms with Crippen molar-refractivity contribution in [2.45, 2.75) is 20.0 Å². The Bertz CT molecular complexity index is 1060. The molecule has 0 radical (unpaired) electrons. The van der Waals surface area contributed by atoms with Crippen LogP contribution in [0.15, 0.2) is 46.3 Å². The molecule has 0 aliphatic rings. The van der Waals surface area contributed by atoms with Gasteiger partial charge in [-0.1, -0.05) is 41.1 Å². The van der Waals surface area contributed by atoms with Crippen molar-refractivity contribution in [3.05, 3.63) is 58.8 Å². The maximum absolute atomic E-state index is 12.6. The topological polar surface area (TPSA) is 96.6 Å². The highest BCUT2D eigenvalue weighted by Gasteiger charge is 2.23. The number of benzene rings is 1. The summed E-state index contributed by atoms with van der Waals surface area (Å²) in [6.45, 7) is 1.91. The molecular weight excluding hydrogens is 412 g/mol. The van der Waals surface area contributed by atoms with Gasteiger partial charge >= 0.3 is 0 Å². The predicted molar refractivity (Wildman–Crippen MR) is 111 cm³/mol. The molecule has 0 spiro atoms. The van der Waals surface area contributed by atoms with E-state index in [0.717, 1.165) is 26.6 Å². The largest absolute Gasteiger partial charge is 0.337 e. The first-order chi connectivity index (χ1) is 13.7. The number of aryl methyl sites for hydroxylation is 1. The molecule has 0 saturated carbocycles. The van der Waals surface area contributed by atoms with Crippen molar-refractivity contribution in [1.29, 1.82) is 0 Å². The molecule has 0 bridgehead atoms. The van der Waals surface area contributed by atoms with Crippen molar-refractivity contribution in [3.63, 3.8) is 0 Å². The second-order valence-corrected chi connectivity index (χ2v) is 9.69. The van der Waals surface area contributed by atoms with E-state index < -0.39 is 10.0 Å². The number of hydrogen-bond donors (Lipinski definition) is 0. The lowest BCUT2D eigenvalue weighted by Gasteiger charge is -2.22. The van der Waals surface area contributed by atoms with Crippen LogP contribution in [0.5, 0.6) is 0 Å². The number of sulfonamides is 1. The minimum Gasteiger partial charge on any atom is -0.337 e. The van der Waals surface area contributed by atoms with Crippen molar-refractivity contribution in [2.75, 3.05) is 19.8 Å². The van der Waals surface area contributed by atoms with Gasteiger partial charge in [0, 0.05) is 13.6 Å². The Morgan fingerprint density at radius 2 is 1.90 bits per heavy atom. The van der Waals surface area contributed by atoms with Gasteiger partial charge in [-0.2, -0.15) is 9.29 Å². The molecule has 2 heterocycles. The zero-order chi connectivity index (χ0) is 21.0. The van der Waals surface area contributed by atoms with Gasteiger partial charge in [0.05, 0.1) is 24.2 Å². The zero-order valence-corrected chi connectivity index (χ0v) is 18.0. The summed E-state index contributed by atoms with van der Waals surface area (Å²) in [6, 6.07) is 11.3. The summed E-state index contributed by atoms with van der Waals surface area (Å²) >= 11 is 1.49. The van der Waals surface area contributed by atoms with Gasteiger partial charge in [0.15, 0.2) is 0 Å². The highest BCUT2D eigenvalue weighted by atomic mass is 32.2. The van der Waals surface area contributed by atoms with E-state index in [-0.39, 0.29) is 31.4 Å². The summed E-state index contributed by atoms with van der Waals surface area (Å²) in [5.74, 6) is 0.389. The number of thiophene rings is 1. The van der Waals surface area contributed by atoms with Crippen LogP contribution in [0.3, 0.4) is 0 Å². The van der Waals surface area contributed by atoms with E-state index in [1.807, 2.05) is 48.7 Å². The Morgan fingerprint density at radius 1 is 1.17 bits per heavy atom. The number of amides is 1. The van der Waals surface area contributed by atoms with E-state index in [9.17, 15) is 13.2 Å². The van der Waals surface area contributed by atoms with E-state index >= 15 is 0 Å². The van der Waals surface area contributed by atoms with Crippen LogP contribution in [0.1, 0.15) is 17.0 Å². The minimum absolute atomic E-state index is 0.0966. The maximum Gasteiger partial charge on any atom is 0.246 e. The number of hydrogen-bond acceptors (Lipinski definition) is 7. The first-order valence-corrected chi connectivity index (χ1v) is 11.6. The van der Waals surface area contributed by atoms with Gasteiger partial charge in [-0.05, 0) is 23.9 Å². The van der Waals surface area contributed by atoms with Crippen LogP contribution in [0.25, 0.3) is 10.7 Å². The number of carbonyl (C=O) groups is 1. The average molecular weight is 435 g/mol. The quantitative estimate of drug-likeness (QED) is 0.540. The lowest BCUT2D eigenvalue weighted by molar-refractivity contribution is -0.131. The number of carbonyl (C=O) groups excluding carboxylic acids is 1. The molecule has 8 nitrogen and oxygen atoms in total. The second-order valence-electron chi connectivity index (χ2n) is 6.76. The summed E-state index contributed by atoms with van der Waals surface area (Å²) < 4.78 is 30.7.